The molecule has 0 unspecified atom stereocenters. The predicted molar refractivity (Wildman–Crippen MR) is 80.0 cm³/mol. The summed E-state index contributed by atoms with van der Waals surface area (Å²) in [5, 5.41) is 3.23. The minimum atomic E-state index is 0.0547. The van der Waals surface area contributed by atoms with Gasteiger partial charge in [0, 0.05) is 18.2 Å². The Hall–Kier alpha value is -1.46. The van der Waals surface area contributed by atoms with Gasteiger partial charge in [-0.25, -0.2) is 4.98 Å². The molecular weight excluding hydrogens is 270 g/mol. The summed E-state index contributed by atoms with van der Waals surface area (Å²) in [6.07, 6.45) is 2.44. The van der Waals surface area contributed by atoms with E-state index < -0.39 is 0 Å². The van der Waals surface area contributed by atoms with Gasteiger partial charge in [0.25, 0.3) is 5.91 Å². The average molecular weight is 287 g/mol. The first-order valence-corrected chi connectivity index (χ1v) is 8.04. The van der Waals surface area contributed by atoms with Crippen LogP contribution >= 0.6 is 11.3 Å². The summed E-state index contributed by atoms with van der Waals surface area (Å²) < 4.78 is 1.08. The minimum Gasteiger partial charge on any atom is -0.348 e. The fraction of sp³-hybridized carbons (Fsp3) is 0.467. The number of carbonyl (C=O) groups is 1. The van der Waals surface area contributed by atoms with Gasteiger partial charge in [-0.1, -0.05) is 0 Å². The molecule has 5 heteroatoms. The van der Waals surface area contributed by atoms with Crippen molar-refractivity contribution in [1.29, 1.82) is 0 Å². The monoisotopic (exact) mass is 287 g/mol. The molecule has 0 spiro atoms. The molecule has 0 aliphatic carbocycles. The van der Waals surface area contributed by atoms with E-state index in [9.17, 15) is 4.79 Å². The Bertz CT molecular complexity index is 645. The number of piperidine rings is 3. The third-order valence-corrected chi connectivity index (χ3v) is 5.36. The molecule has 1 aromatic carbocycles. The Labute approximate surface area is 121 Å². The number of hydrogen-bond donors (Lipinski definition) is 1. The first-order chi connectivity index (χ1) is 9.79. The third-order valence-electron chi connectivity index (χ3n) is 4.57. The zero-order chi connectivity index (χ0) is 13.5. The first-order valence-electron chi connectivity index (χ1n) is 7.16. The van der Waals surface area contributed by atoms with Crippen molar-refractivity contribution in [1.82, 2.24) is 15.2 Å². The molecule has 3 aliphatic rings. The van der Waals surface area contributed by atoms with Crippen LogP contribution in [-0.4, -0.2) is 41.5 Å². The summed E-state index contributed by atoms with van der Waals surface area (Å²) in [5.41, 5.74) is 3.53. The molecule has 1 atom stereocenters. The molecule has 2 bridgehead atoms. The van der Waals surface area contributed by atoms with Crippen molar-refractivity contribution in [2.45, 2.75) is 18.9 Å². The molecule has 3 aliphatic heterocycles. The van der Waals surface area contributed by atoms with Gasteiger partial charge in [0.2, 0.25) is 0 Å². The van der Waals surface area contributed by atoms with Crippen molar-refractivity contribution in [2.75, 3.05) is 19.6 Å². The van der Waals surface area contributed by atoms with Crippen LogP contribution in [0.5, 0.6) is 0 Å². The molecule has 4 nitrogen and oxygen atoms in total. The highest BCUT2D eigenvalue weighted by Crippen LogP contribution is 2.28. The summed E-state index contributed by atoms with van der Waals surface area (Å²) in [7, 11) is 0. The molecule has 4 heterocycles. The van der Waals surface area contributed by atoms with Crippen LogP contribution in [0, 0.1) is 5.92 Å². The Balaban J connectivity index is 1.52. The van der Waals surface area contributed by atoms with Gasteiger partial charge in [0.15, 0.2) is 0 Å². The normalized spacial score (nSPS) is 28.7. The largest absolute Gasteiger partial charge is 0.348 e. The molecule has 3 saturated heterocycles. The van der Waals surface area contributed by atoms with E-state index in [0.29, 0.717) is 12.0 Å². The Morgan fingerprint density at radius 2 is 2.20 bits per heavy atom. The fourth-order valence-corrected chi connectivity index (χ4v) is 4.09. The highest BCUT2D eigenvalue weighted by atomic mass is 32.1. The first kappa shape index (κ1) is 12.3. The second kappa shape index (κ2) is 4.82. The Morgan fingerprint density at radius 3 is 2.95 bits per heavy atom. The van der Waals surface area contributed by atoms with E-state index in [2.05, 4.69) is 15.2 Å². The highest BCUT2D eigenvalue weighted by molar-refractivity contribution is 7.16. The van der Waals surface area contributed by atoms with Crippen molar-refractivity contribution in [3.63, 3.8) is 0 Å². The fourth-order valence-electron chi connectivity index (χ4n) is 3.38. The number of rotatable bonds is 2. The van der Waals surface area contributed by atoms with E-state index in [1.807, 2.05) is 23.7 Å². The number of nitrogens with zero attached hydrogens (tertiary/aromatic N) is 2. The minimum absolute atomic E-state index is 0.0547. The maximum absolute atomic E-state index is 12.4. The number of hydrogen-bond acceptors (Lipinski definition) is 4. The van der Waals surface area contributed by atoms with Crippen LogP contribution in [0.4, 0.5) is 0 Å². The number of aromatic nitrogens is 1. The van der Waals surface area contributed by atoms with Crippen LogP contribution in [0.25, 0.3) is 10.2 Å². The number of thiazole rings is 1. The van der Waals surface area contributed by atoms with Gasteiger partial charge in [-0.3, -0.25) is 4.79 Å². The van der Waals surface area contributed by atoms with E-state index in [1.54, 1.807) is 11.3 Å². The Morgan fingerprint density at radius 1 is 1.35 bits per heavy atom. The van der Waals surface area contributed by atoms with Crippen molar-refractivity contribution in [3.8, 4) is 0 Å². The smallest absolute Gasteiger partial charge is 0.251 e. The maximum Gasteiger partial charge on any atom is 0.251 e. The van der Waals surface area contributed by atoms with Crippen molar-refractivity contribution < 1.29 is 4.79 Å². The lowest BCUT2D eigenvalue weighted by Crippen LogP contribution is -2.57. The number of carbonyl (C=O) groups excluding carboxylic acids is 1. The van der Waals surface area contributed by atoms with Crippen LogP contribution in [-0.2, 0) is 0 Å². The van der Waals surface area contributed by atoms with Gasteiger partial charge in [-0.2, -0.15) is 0 Å². The molecule has 0 radical (unpaired) electrons. The zero-order valence-corrected chi connectivity index (χ0v) is 12.0. The lowest BCUT2D eigenvalue weighted by molar-refractivity contribution is 0.0620. The number of amides is 1. The lowest BCUT2D eigenvalue weighted by Gasteiger charge is -2.44. The van der Waals surface area contributed by atoms with Crippen molar-refractivity contribution in [3.05, 3.63) is 29.3 Å². The molecule has 1 N–H and O–H groups in total. The average Bonchev–Trinajstić information content (AvgIpc) is 2.96. The summed E-state index contributed by atoms with van der Waals surface area (Å²) >= 11 is 1.58. The SMILES string of the molecule is O=C(N[C@H]1CN2CCC1CC2)c1ccc2ncsc2c1. The summed E-state index contributed by atoms with van der Waals surface area (Å²) in [6, 6.07) is 6.07. The molecule has 1 amide bonds. The zero-order valence-electron chi connectivity index (χ0n) is 11.2. The van der Waals surface area contributed by atoms with Gasteiger partial charge >= 0.3 is 0 Å². The van der Waals surface area contributed by atoms with E-state index in [1.165, 1.54) is 25.9 Å². The van der Waals surface area contributed by atoms with E-state index in [-0.39, 0.29) is 5.91 Å². The number of benzene rings is 1. The molecular formula is C15H17N3OS. The molecule has 20 heavy (non-hydrogen) atoms. The van der Waals surface area contributed by atoms with Crippen molar-refractivity contribution >= 4 is 27.5 Å². The van der Waals surface area contributed by atoms with Crippen LogP contribution in [0.3, 0.4) is 0 Å². The highest BCUT2D eigenvalue weighted by Gasteiger charge is 2.34. The standard InChI is InChI=1S/C15H17N3OS/c19-15(11-1-2-12-14(7-11)20-9-16-12)17-13-8-18-5-3-10(13)4-6-18/h1-2,7,9-10,13H,3-6,8H2,(H,17,19)/t13-/m0/s1. The van der Waals surface area contributed by atoms with Gasteiger partial charge in [-0.05, 0) is 50.0 Å². The maximum atomic E-state index is 12.4. The quantitative estimate of drug-likeness (QED) is 0.920. The molecule has 2 aromatic rings. The lowest BCUT2D eigenvalue weighted by atomic mass is 9.84. The van der Waals surface area contributed by atoms with Crippen LogP contribution < -0.4 is 5.32 Å². The third kappa shape index (κ3) is 2.11. The van der Waals surface area contributed by atoms with E-state index >= 15 is 0 Å². The van der Waals surface area contributed by atoms with Gasteiger partial charge in [-0.15, -0.1) is 11.3 Å². The topological polar surface area (TPSA) is 45.2 Å². The molecule has 1 aromatic heterocycles. The van der Waals surface area contributed by atoms with Crippen molar-refractivity contribution in [2.24, 2.45) is 5.92 Å². The summed E-state index contributed by atoms with van der Waals surface area (Å²) in [4.78, 5) is 19.1. The number of nitrogens with one attached hydrogen (secondary N) is 1. The van der Waals surface area contributed by atoms with Gasteiger partial charge in [0.1, 0.15) is 0 Å². The molecule has 3 fully saturated rings. The van der Waals surface area contributed by atoms with Crippen LogP contribution in [0.15, 0.2) is 23.7 Å². The summed E-state index contributed by atoms with van der Waals surface area (Å²) in [5.74, 6) is 0.718. The number of fused-ring (bicyclic) bond motifs is 4. The predicted octanol–water partition coefficient (Wildman–Crippen LogP) is 2.12. The molecule has 5 rings (SSSR count). The van der Waals surface area contributed by atoms with Crippen LogP contribution in [0.1, 0.15) is 23.2 Å². The van der Waals surface area contributed by atoms with Gasteiger partial charge in [0.05, 0.1) is 15.7 Å². The van der Waals surface area contributed by atoms with E-state index in [4.69, 9.17) is 0 Å². The molecule has 104 valence electrons. The van der Waals surface area contributed by atoms with Crippen LogP contribution in [0.2, 0.25) is 0 Å². The Kier molecular flexibility index (Phi) is 2.97. The second-order valence-corrected chi connectivity index (χ2v) is 6.64. The second-order valence-electron chi connectivity index (χ2n) is 5.75. The summed E-state index contributed by atoms with van der Waals surface area (Å²) in [6.45, 7) is 3.41. The molecule has 0 saturated carbocycles. The van der Waals surface area contributed by atoms with E-state index in [0.717, 1.165) is 22.3 Å². The van der Waals surface area contributed by atoms with Gasteiger partial charge < -0.3 is 10.2 Å².